The molecule has 0 aliphatic rings. The van der Waals surface area contributed by atoms with Gasteiger partial charge < -0.3 is 4.90 Å². The van der Waals surface area contributed by atoms with Gasteiger partial charge in [-0.2, -0.15) is 0 Å². The molecular weight excluding hydrogens is 567 g/mol. The lowest BCUT2D eigenvalue weighted by Gasteiger charge is -2.26. The molecule has 0 amide bonds. The predicted molar refractivity (Wildman–Crippen MR) is 200 cm³/mol. The monoisotopic (exact) mass is 607 g/mol. The SMILES string of the molecule is [2H]c1c([2H])c(N(c2cccc(-c3ccc4ccccc4c3)c2)c2c([2H])c([2H])c(-c3cccc(-c4ccccc4)c3)c([2H])c2[2H])c([2H])c([2H])c1-c1ccccc1. The first-order chi connectivity index (χ1) is 26.6. The van der Waals surface area contributed by atoms with Gasteiger partial charge in [0, 0.05) is 17.1 Å². The second-order valence-corrected chi connectivity index (χ2v) is 11.2. The van der Waals surface area contributed by atoms with Gasteiger partial charge in [0.25, 0.3) is 0 Å². The molecule has 8 aromatic carbocycles. The van der Waals surface area contributed by atoms with Crippen LogP contribution in [0.1, 0.15) is 11.0 Å². The van der Waals surface area contributed by atoms with Gasteiger partial charge in [-0.25, -0.2) is 0 Å². The van der Waals surface area contributed by atoms with Gasteiger partial charge in [0.1, 0.15) is 0 Å². The molecule has 0 atom stereocenters. The Kier molecular flexibility index (Phi) is 5.60. The van der Waals surface area contributed by atoms with Crippen molar-refractivity contribution in [2.45, 2.75) is 0 Å². The third kappa shape index (κ3) is 5.95. The van der Waals surface area contributed by atoms with Crippen LogP contribution < -0.4 is 4.90 Å². The Morgan fingerprint density at radius 1 is 0.277 bits per heavy atom. The van der Waals surface area contributed by atoms with E-state index in [0.717, 1.165) is 33.0 Å². The minimum absolute atomic E-state index is 0.111. The van der Waals surface area contributed by atoms with Crippen molar-refractivity contribution in [3.8, 4) is 44.5 Å². The molecular formula is C46H33N. The van der Waals surface area contributed by atoms with E-state index in [9.17, 15) is 8.22 Å². The van der Waals surface area contributed by atoms with E-state index in [2.05, 4.69) is 6.07 Å². The van der Waals surface area contributed by atoms with Crippen molar-refractivity contribution in [3.05, 3.63) is 200 Å². The number of anilines is 3. The number of fused-ring (bicyclic) bond motifs is 1. The van der Waals surface area contributed by atoms with Crippen LogP contribution in [0, 0.1) is 0 Å². The quantitative estimate of drug-likeness (QED) is 0.174. The van der Waals surface area contributed by atoms with E-state index in [-0.39, 0.29) is 70.8 Å². The molecule has 1 nitrogen and oxygen atoms in total. The first kappa shape index (κ1) is 20.8. The number of rotatable bonds is 7. The smallest absolute Gasteiger partial charge is 0.0645 e. The summed E-state index contributed by atoms with van der Waals surface area (Å²) >= 11 is 0. The topological polar surface area (TPSA) is 3.24 Å². The fourth-order valence-corrected chi connectivity index (χ4v) is 5.78. The molecule has 0 heterocycles. The van der Waals surface area contributed by atoms with E-state index in [1.54, 1.807) is 42.5 Å². The Labute approximate surface area is 287 Å². The van der Waals surface area contributed by atoms with Gasteiger partial charge in [-0.15, -0.1) is 0 Å². The molecule has 0 saturated heterocycles. The van der Waals surface area contributed by atoms with Crippen LogP contribution in [0.25, 0.3) is 55.3 Å². The van der Waals surface area contributed by atoms with E-state index in [1.165, 1.54) is 4.90 Å². The molecule has 1 heteroatoms. The third-order valence-corrected chi connectivity index (χ3v) is 8.18. The lowest BCUT2D eigenvalue weighted by atomic mass is 9.98. The first-order valence-electron chi connectivity index (χ1n) is 19.5. The molecule has 0 bridgehead atoms. The molecule has 0 aliphatic carbocycles. The van der Waals surface area contributed by atoms with Gasteiger partial charge in [0.15, 0.2) is 0 Å². The first-order valence-corrected chi connectivity index (χ1v) is 15.5. The number of benzene rings is 8. The predicted octanol–water partition coefficient (Wildman–Crippen LogP) is 13.0. The Hall–Kier alpha value is -6.18. The fraction of sp³-hybridized carbons (Fsp3) is 0. The highest BCUT2D eigenvalue weighted by Gasteiger charge is 2.15. The van der Waals surface area contributed by atoms with Crippen molar-refractivity contribution >= 4 is 27.8 Å². The summed E-state index contributed by atoms with van der Waals surface area (Å²) in [4.78, 5) is 1.35. The van der Waals surface area contributed by atoms with Crippen LogP contribution in [0.4, 0.5) is 17.1 Å². The molecule has 0 fully saturated rings. The fourth-order valence-electron chi connectivity index (χ4n) is 5.78. The Morgan fingerprint density at radius 3 is 1.36 bits per heavy atom. The Balaban J connectivity index is 1.37. The van der Waals surface area contributed by atoms with Crippen molar-refractivity contribution < 1.29 is 11.0 Å². The number of hydrogen-bond acceptors (Lipinski definition) is 1. The third-order valence-electron chi connectivity index (χ3n) is 8.18. The maximum atomic E-state index is 9.45. The molecule has 8 rings (SSSR count). The average molecular weight is 608 g/mol. The average Bonchev–Trinajstić information content (AvgIpc) is 3.22. The van der Waals surface area contributed by atoms with E-state index in [1.807, 2.05) is 103 Å². The highest BCUT2D eigenvalue weighted by atomic mass is 15.1. The van der Waals surface area contributed by atoms with Crippen LogP contribution in [-0.4, -0.2) is 0 Å². The molecule has 0 aromatic heterocycles. The number of nitrogens with zero attached hydrogens (tertiary/aromatic N) is 1. The largest absolute Gasteiger partial charge is 0.310 e. The maximum Gasteiger partial charge on any atom is 0.0645 e. The number of hydrogen-bond donors (Lipinski definition) is 0. The molecule has 0 radical (unpaired) electrons. The lowest BCUT2D eigenvalue weighted by molar-refractivity contribution is 1.28. The second-order valence-electron chi connectivity index (χ2n) is 11.2. The van der Waals surface area contributed by atoms with Crippen molar-refractivity contribution in [1.29, 1.82) is 0 Å². The van der Waals surface area contributed by atoms with Gasteiger partial charge in [0.05, 0.1) is 11.0 Å². The Morgan fingerprint density at radius 2 is 0.723 bits per heavy atom. The van der Waals surface area contributed by atoms with Crippen molar-refractivity contribution in [1.82, 2.24) is 0 Å². The zero-order chi connectivity index (χ0) is 38.4. The zero-order valence-corrected chi connectivity index (χ0v) is 25.4. The van der Waals surface area contributed by atoms with Crippen LogP contribution in [-0.2, 0) is 0 Å². The van der Waals surface area contributed by atoms with Crippen LogP contribution in [0.5, 0.6) is 0 Å². The van der Waals surface area contributed by atoms with Crippen LogP contribution in [0.2, 0.25) is 0 Å². The summed E-state index contributed by atoms with van der Waals surface area (Å²) in [6, 6.07) is 44.4. The summed E-state index contributed by atoms with van der Waals surface area (Å²) in [7, 11) is 0. The van der Waals surface area contributed by atoms with Gasteiger partial charge in [-0.3, -0.25) is 0 Å². The zero-order valence-electron chi connectivity index (χ0n) is 33.4. The van der Waals surface area contributed by atoms with Crippen LogP contribution >= 0.6 is 0 Å². The summed E-state index contributed by atoms with van der Waals surface area (Å²) in [5.41, 5.74) is 4.67. The molecule has 0 aliphatic heterocycles. The van der Waals surface area contributed by atoms with E-state index in [0.29, 0.717) is 16.8 Å². The highest BCUT2D eigenvalue weighted by Crippen LogP contribution is 2.39. The summed E-state index contributed by atoms with van der Waals surface area (Å²) in [5.74, 6) is 0. The summed E-state index contributed by atoms with van der Waals surface area (Å²) in [6.07, 6.45) is 0. The minimum atomic E-state index is -0.388. The van der Waals surface area contributed by atoms with Gasteiger partial charge in [-0.05, 0) is 104 Å². The van der Waals surface area contributed by atoms with E-state index in [4.69, 9.17) is 2.74 Å². The van der Waals surface area contributed by atoms with Gasteiger partial charge in [0.2, 0.25) is 0 Å². The molecule has 47 heavy (non-hydrogen) atoms. The summed E-state index contributed by atoms with van der Waals surface area (Å²) < 4.78 is 74.5. The Bertz CT molecular complexity index is 2690. The standard InChI is InChI=1S/C46H33N/c1-3-11-34(12-4-1)37-23-27-44(28-24-37)47(46-20-10-19-42(33-46)43-22-21-36-15-7-8-16-39(36)32-43)45-29-25-38(26-30-45)41-18-9-17-40(31-41)35-13-5-2-6-14-35/h1-33H/i23D,24D,25D,26D,27D,28D,29D,30D. The molecule has 0 unspecified atom stereocenters. The molecule has 0 spiro atoms. The van der Waals surface area contributed by atoms with Crippen molar-refractivity contribution in [2.75, 3.05) is 4.90 Å². The normalized spacial score (nSPS) is 13.4. The molecule has 222 valence electrons. The van der Waals surface area contributed by atoms with Crippen molar-refractivity contribution in [2.24, 2.45) is 0 Å². The second kappa shape index (κ2) is 12.7. The summed E-state index contributed by atoms with van der Waals surface area (Å²) in [5, 5.41) is 2.11. The van der Waals surface area contributed by atoms with E-state index < -0.39 is 0 Å². The van der Waals surface area contributed by atoms with Gasteiger partial charge >= 0.3 is 0 Å². The van der Waals surface area contributed by atoms with Crippen molar-refractivity contribution in [3.63, 3.8) is 0 Å². The molecule has 0 N–H and O–H groups in total. The summed E-state index contributed by atoms with van der Waals surface area (Å²) in [6.45, 7) is 0. The minimum Gasteiger partial charge on any atom is -0.310 e. The molecule has 8 aromatic rings. The van der Waals surface area contributed by atoms with Crippen LogP contribution in [0.15, 0.2) is 200 Å². The van der Waals surface area contributed by atoms with Gasteiger partial charge in [-0.1, -0.05) is 152 Å². The highest BCUT2D eigenvalue weighted by molar-refractivity contribution is 5.89. The lowest BCUT2D eigenvalue weighted by Crippen LogP contribution is -2.10. The molecule has 0 saturated carbocycles. The van der Waals surface area contributed by atoms with Crippen LogP contribution in [0.3, 0.4) is 0 Å². The van der Waals surface area contributed by atoms with E-state index >= 15 is 0 Å². The maximum absolute atomic E-state index is 9.45.